The number of aromatic amines is 1. The minimum Gasteiger partial charge on any atom is -0.337 e. The summed E-state index contributed by atoms with van der Waals surface area (Å²) in [4.78, 5) is 32.2. The highest BCUT2D eigenvalue weighted by molar-refractivity contribution is 5.94. The van der Waals surface area contributed by atoms with Crippen molar-refractivity contribution in [3.63, 3.8) is 0 Å². The number of nitrogens with one attached hydrogen (secondary N) is 1. The molecule has 0 radical (unpaired) electrons. The van der Waals surface area contributed by atoms with E-state index in [4.69, 9.17) is 0 Å². The lowest BCUT2D eigenvalue weighted by Crippen LogP contribution is -2.48. The molecule has 0 spiro atoms. The second-order valence-corrected chi connectivity index (χ2v) is 8.82. The zero-order chi connectivity index (χ0) is 19.1. The summed E-state index contributed by atoms with van der Waals surface area (Å²) in [5, 5.41) is 7.43. The third-order valence-electron chi connectivity index (χ3n) is 6.26. The summed E-state index contributed by atoms with van der Waals surface area (Å²) < 4.78 is 0. The molecule has 0 bridgehead atoms. The van der Waals surface area contributed by atoms with Crippen LogP contribution >= 0.6 is 0 Å². The number of hydrogen-bond acceptors (Lipinski definition) is 4. The molecule has 1 aromatic rings. The van der Waals surface area contributed by atoms with Gasteiger partial charge < -0.3 is 14.7 Å². The van der Waals surface area contributed by atoms with Crippen LogP contribution < -0.4 is 0 Å². The van der Waals surface area contributed by atoms with Crippen LogP contribution in [0.5, 0.6) is 0 Å². The van der Waals surface area contributed by atoms with Crippen LogP contribution in [0.25, 0.3) is 0 Å². The van der Waals surface area contributed by atoms with E-state index in [9.17, 15) is 9.59 Å². The van der Waals surface area contributed by atoms with E-state index in [1.54, 1.807) is 0 Å². The molecule has 1 unspecified atom stereocenters. The normalized spacial score (nSPS) is 24.3. The van der Waals surface area contributed by atoms with Crippen molar-refractivity contribution in [3.8, 4) is 0 Å². The molecule has 7 heteroatoms. The van der Waals surface area contributed by atoms with Crippen LogP contribution in [0.1, 0.15) is 54.9 Å². The minimum absolute atomic E-state index is 0.0329. The summed E-state index contributed by atoms with van der Waals surface area (Å²) >= 11 is 0. The first-order chi connectivity index (χ1) is 12.9. The van der Waals surface area contributed by atoms with E-state index >= 15 is 0 Å². The first kappa shape index (κ1) is 18.5. The molecule has 3 aliphatic rings. The molecule has 0 aromatic carbocycles. The molecule has 2 fully saturated rings. The second-order valence-electron chi connectivity index (χ2n) is 8.82. The Hall–Kier alpha value is -1.89. The summed E-state index contributed by atoms with van der Waals surface area (Å²) in [6.45, 7) is 7.97. The van der Waals surface area contributed by atoms with Crippen LogP contribution in [0, 0.1) is 11.8 Å². The number of hydrogen-bond donors (Lipinski definition) is 1. The van der Waals surface area contributed by atoms with Crippen LogP contribution in [0.15, 0.2) is 0 Å². The fourth-order valence-electron chi connectivity index (χ4n) is 4.30. The fraction of sp³-hybridized carbons (Fsp3) is 0.750. The number of nitrogens with zero attached hydrogens (tertiary/aromatic N) is 4. The molecule has 1 saturated heterocycles. The molecule has 2 amide bonds. The van der Waals surface area contributed by atoms with Crippen molar-refractivity contribution in [1.29, 1.82) is 0 Å². The van der Waals surface area contributed by atoms with Gasteiger partial charge in [-0.3, -0.25) is 14.7 Å². The maximum Gasteiger partial charge on any atom is 0.274 e. The zero-order valence-corrected chi connectivity index (χ0v) is 16.7. The van der Waals surface area contributed by atoms with Crippen molar-refractivity contribution in [2.24, 2.45) is 11.8 Å². The Morgan fingerprint density at radius 2 is 2.04 bits per heavy atom. The lowest BCUT2D eigenvalue weighted by atomic mass is 10.0. The lowest BCUT2D eigenvalue weighted by Gasteiger charge is -2.34. The third kappa shape index (κ3) is 3.74. The van der Waals surface area contributed by atoms with Gasteiger partial charge >= 0.3 is 0 Å². The van der Waals surface area contributed by atoms with Crippen LogP contribution in [0.3, 0.4) is 0 Å². The van der Waals surface area contributed by atoms with Crippen molar-refractivity contribution in [3.05, 3.63) is 17.0 Å². The summed E-state index contributed by atoms with van der Waals surface area (Å²) in [5.41, 5.74) is 2.65. The van der Waals surface area contributed by atoms with Crippen molar-refractivity contribution in [2.75, 3.05) is 33.2 Å². The highest BCUT2D eigenvalue weighted by Crippen LogP contribution is 2.32. The molecule has 7 nitrogen and oxygen atoms in total. The van der Waals surface area contributed by atoms with Gasteiger partial charge in [-0.25, -0.2) is 0 Å². The molecule has 4 rings (SSSR count). The average Bonchev–Trinajstić information content (AvgIpc) is 3.38. The molecule has 148 valence electrons. The van der Waals surface area contributed by atoms with E-state index in [0.717, 1.165) is 37.3 Å². The topological polar surface area (TPSA) is 72.5 Å². The number of carbonyl (C=O) groups is 2. The van der Waals surface area contributed by atoms with Crippen molar-refractivity contribution >= 4 is 11.8 Å². The summed E-state index contributed by atoms with van der Waals surface area (Å²) in [7, 11) is 2.07. The molecule has 1 saturated carbocycles. The molecule has 1 atom stereocenters. The van der Waals surface area contributed by atoms with E-state index in [-0.39, 0.29) is 17.9 Å². The number of rotatable bonds is 4. The van der Waals surface area contributed by atoms with E-state index in [0.29, 0.717) is 37.0 Å². The molecule has 1 N–H and O–H groups in total. The second kappa shape index (κ2) is 7.26. The van der Waals surface area contributed by atoms with Crippen molar-refractivity contribution < 1.29 is 9.59 Å². The van der Waals surface area contributed by atoms with Gasteiger partial charge in [0.25, 0.3) is 5.91 Å². The Kier molecular flexibility index (Phi) is 4.97. The van der Waals surface area contributed by atoms with Crippen LogP contribution in [0.4, 0.5) is 0 Å². The predicted octanol–water partition coefficient (Wildman–Crippen LogP) is 1.51. The van der Waals surface area contributed by atoms with Crippen molar-refractivity contribution in [2.45, 2.75) is 52.1 Å². The van der Waals surface area contributed by atoms with Crippen LogP contribution in [-0.2, 0) is 17.8 Å². The van der Waals surface area contributed by atoms with Gasteiger partial charge in [-0.1, -0.05) is 13.8 Å². The highest BCUT2D eigenvalue weighted by atomic mass is 16.2. The van der Waals surface area contributed by atoms with E-state index in [2.05, 4.69) is 40.9 Å². The van der Waals surface area contributed by atoms with Gasteiger partial charge in [-0.2, -0.15) is 5.10 Å². The molecule has 2 aliphatic heterocycles. The van der Waals surface area contributed by atoms with Gasteiger partial charge in [-0.05, 0) is 31.7 Å². The van der Waals surface area contributed by atoms with Crippen LogP contribution in [0.2, 0.25) is 0 Å². The zero-order valence-electron chi connectivity index (χ0n) is 16.7. The smallest absolute Gasteiger partial charge is 0.274 e. The number of aromatic nitrogens is 2. The minimum atomic E-state index is -0.0329. The number of amides is 2. The maximum atomic E-state index is 13.3. The number of likely N-dealkylation sites (N-methyl/N-ethyl adjacent to an activating group) is 1. The Morgan fingerprint density at radius 3 is 2.74 bits per heavy atom. The first-order valence-corrected chi connectivity index (χ1v) is 10.3. The largest absolute Gasteiger partial charge is 0.337 e. The standard InChI is InChI=1S/C20H31N5O2/c1-13(2)17-12-24(9-7-18(26)25(17)10-14-4-5-14)20(27)19-15-11-23(3)8-6-16(15)21-22-19/h13-14,17H,4-12H2,1-3H3,(H,21,22). The molecule has 27 heavy (non-hydrogen) atoms. The summed E-state index contributed by atoms with van der Waals surface area (Å²) in [6.07, 6.45) is 3.76. The van der Waals surface area contributed by atoms with Gasteiger partial charge in [0.2, 0.25) is 5.91 Å². The molecule has 1 aliphatic carbocycles. The molecular weight excluding hydrogens is 342 g/mol. The number of fused-ring (bicyclic) bond motifs is 1. The number of H-pyrrole nitrogens is 1. The number of carbonyl (C=O) groups excluding carboxylic acids is 2. The molecular formula is C20H31N5O2. The SMILES string of the molecule is CC(C)C1CN(C(=O)c2n[nH]c3c2CN(C)CC3)CCC(=O)N1CC1CC1. The Morgan fingerprint density at radius 1 is 1.26 bits per heavy atom. The van der Waals surface area contributed by atoms with Gasteiger partial charge in [0.05, 0.1) is 6.04 Å². The van der Waals surface area contributed by atoms with E-state index < -0.39 is 0 Å². The average molecular weight is 374 g/mol. The van der Waals surface area contributed by atoms with E-state index in [1.165, 1.54) is 12.8 Å². The summed E-state index contributed by atoms with van der Waals surface area (Å²) in [6, 6.07) is 0.0852. The Bertz CT molecular complexity index is 724. The maximum absolute atomic E-state index is 13.3. The first-order valence-electron chi connectivity index (χ1n) is 10.3. The van der Waals surface area contributed by atoms with Crippen LogP contribution in [-0.4, -0.2) is 76.0 Å². The van der Waals surface area contributed by atoms with Gasteiger partial charge in [0.1, 0.15) is 0 Å². The monoisotopic (exact) mass is 373 g/mol. The van der Waals surface area contributed by atoms with Crippen molar-refractivity contribution in [1.82, 2.24) is 24.9 Å². The fourth-order valence-corrected chi connectivity index (χ4v) is 4.30. The van der Waals surface area contributed by atoms with Gasteiger partial charge in [-0.15, -0.1) is 0 Å². The molecule has 1 aromatic heterocycles. The Balaban J connectivity index is 1.55. The Labute approximate surface area is 161 Å². The molecule has 3 heterocycles. The quantitative estimate of drug-likeness (QED) is 0.868. The van der Waals surface area contributed by atoms with Gasteiger partial charge in [0.15, 0.2) is 5.69 Å². The van der Waals surface area contributed by atoms with E-state index in [1.807, 2.05) is 4.90 Å². The lowest BCUT2D eigenvalue weighted by molar-refractivity contribution is -0.133. The van der Waals surface area contributed by atoms with Gasteiger partial charge in [0, 0.05) is 56.8 Å². The third-order valence-corrected chi connectivity index (χ3v) is 6.26. The highest BCUT2D eigenvalue weighted by Gasteiger charge is 2.38. The summed E-state index contributed by atoms with van der Waals surface area (Å²) in [5.74, 6) is 1.14. The predicted molar refractivity (Wildman–Crippen MR) is 102 cm³/mol.